The van der Waals surface area contributed by atoms with Crippen molar-refractivity contribution in [3.8, 4) is 17.1 Å². The monoisotopic (exact) mass is 604 g/mol. The number of halogens is 4. The molecule has 3 heterocycles. The van der Waals surface area contributed by atoms with Crippen molar-refractivity contribution in [1.82, 2.24) is 34.0 Å². The Balaban J connectivity index is 1.43. The number of rotatable bonds is 8. The van der Waals surface area contributed by atoms with Crippen LogP contribution in [0.25, 0.3) is 17.1 Å². The molecule has 1 saturated heterocycles. The second kappa shape index (κ2) is 11.4. The van der Waals surface area contributed by atoms with E-state index in [0.717, 1.165) is 9.25 Å². The van der Waals surface area contributed by atoms with Gasteiger partial charge in [0.2, 0.25) is 5.91 Å². The summed E-state index contributed by atoms with van der Waals surface area (Å²) < 4.78 is 42.3. The number of nitrogens with zero attached hydrogens (tertiary/aromatic N) is 7. The smallest absolute Gasteiger partial charge is 0.382 e. The minimum Gasteiger partial charge on any atom is -0.382 e. The van der Waals surface area contributed by atoms with E-state index in [1.807, 2.05) is 0 Å². The first kappa shape index (κ1) is 29.0. The molecular weight excluding hydrogens is 581 g/mol. The average molecular weight is 605 g/mol. The SMILES string of the molecule is NC(=O)[C@@H]1CCN(C(=O)c2ccccc2-n2cnc(Cn3nc(-c4ccc(Cl)cc4)n(CC(O)C(F)(F)F)c3=O)n2)C1. The second-order valence-electron chi connectivity index (χ2n) is 9.70. The molecule has 0 bridgehead atoms. The topological polar surface area (TPSA) is 154 Å². The largest absolute Gasteiger partial charge is 0.416 e. The highest BCUT2D eigenvalue weighted by atomic mass is 35.5. The minimum atomic E-state index is -4.96. The van der Waals surface area contributed by atoms with Gasteiger partial charge in [0.05, 0.1) is 23.7 Å². The summed E-state index contributed by atoms with van der Waals surface area (Å²) in [6.07, 6.45) is -5.97. The number of benzene rings is 2. The highest BCUT2D eigenvalue weighted by Crippen LogP contribution is 2.25. The van der Waals surface area contributed by atoms with Crippen LogP contribution in [0.4, 0.5) is 13.2 Å². The number of para-hydroxylation sites is 1. The maximum absolute atomic E-state index is 13.3. The Labute approximate surface area is 240 Å². The van der Waals surface area contributed by atoms with Gasteiger partial charge in [0.1, 0.15) is 12.9 Å². The Kier molecular flexibility index (Phi) is 7.88. The molecule has 2 aromatic carbocycles. The van der Waals surface area contributed by atoms with Gasteiger partial charge < -0.3 is 15.7 Å². The number of amides is 2. The summed E-state index contributed by atoms with van der Waals surface area (Å²) in [5.41, 5.74) is 5.45. The fourth-order valence-corrected chi connectivity index (χ4v) is 4.74. The Morgan fingerprint density at radius 2 is 1.83 bits per heavy atom. The lowest BCUT2D eigenvalue weighted by Crippen LogP contribution is -2.37. The molecule has 1 fully saturated rings. The van der Waals surface area contributed by atoms with Crippen LogP contribution in [0, 0.1) is 5.92 Å². The summed E-state index contributed by atoms with van der Waals surface area (Å²) in [6, 6.07) is 12.6. The molecule has 2 atom stereocenters. The zero-order valence-corrected chi connectivity index (χ0v) is 22.5. The van der Waals surface area contributed by atoms with Crippen LogP contribution in [0.15, 0.2) is 59.7 Å². The summed E-state index contributed by atoms with van der Waals surface area (Å²) in [7, 11) is 0. The van der Waals surface area contributed by atoms with E-state index in [1.165, 1.54) is 40.2 Å². The molecule has 12 nitrogen and oxygen atoms in total. The maximum Gasteiger partial charge on any atom is 0.416 e. The summed E-state index contributed by atoms with van der Waals surface area (Å²) in [4.78, 5) is 43.7. The lowest BCUT2D eigenvalue weighted by molar-refractivity contribution is -0.207. The summed E-state index contributed by atoms with van der Waals surface area (Å²) in [5.74, 6) is -1.25. The molecule has 0 radical (unpaired) electrons. The van der Waals surface area contributed by atoms with Gasteiger partial charge >= 0.3 is 11.9 Å². The summed E-state index contributed by atoms with van der Waals surface area (Å²) in [6.45, 7) is -0.821. The number of nitrogens with two attached hydrogens (primary N) is 1. The Morgan fingerprint density at radius 1 is 1.12 bits per heavy atom. The van der Waals surface area contributed by atoms with Crippen LogP contribution in [0.2, 0.25) is 5.02 Å². The van der Waals surface area contributed by atoms with E-state index in [2.05, 4.69) is 15.2 Å². The molecule has 0 spiro atoms. The van der Waals surface area contributed by atoms with Crippen molar-refractivity contribution in [2.24, 2.45) is 11.7 Å². The second-order valence-corrected chi connectivity index (χ2v) is 10.1. The van der Waals surface area contributed by atoms with Gasteiger partial charge in [-0.1, -0.05) is 23.7 Å². The molecule has 0 saturated carbocycles. The van der Waals surface area contributed by atoms with Gasteiger partial charge in [0.25, 0.3) is 5.91 Å². The van der Waals surface area contributed by atoms with Crippen LogP contribution < -0.4 is 11.4 Å². The van der Waals surface area contributed by atoms with E-state index in [9.17, 15) is 32.7 Å². The Hall–Kier alpha value is -4.50. The van der Waals surface area contributed by atoms with Crippen LogP contribution in [0.1, 0.15) is 22.6 Å². The van der Waals surface area contributed by atoms with Crippen LogP contribution in [0.5, 0.6) is 0 Å². The van der Waals surface area contributed by atoms with E-state index in [0.29, 0.717) is 34.8 Å². The molecule has 1 aliphatic heterocycles. The zero-order valence-electron chi connectivity index (χ0n) is 21.8. The number of carbonyl (C=O) groups excluding carboxylic acids is 2. The molecule has 4 aromatic rings. The molecule has 220 valence electrons. The fraction of sp³-hybridized carbons (Fsp3) is 0.308. The van der Waals surface area contributed by atoms with E-state index in [-0.39, 0.29) is 30.6 Å². The standard InChI is InChI=1S/C26H24ClF3N8O4/c27-17-7-5-15(6-8-17)23-34-37(25(42)36(23)12-20(39)26(28,29)30)13-21-32-14-38(33-21)19-4-2-1-3-18(19)24(41)35-10-9-16(11-35)22(31)40/h1-8,14,16,20,39H,9-13H2,(H2,31,40)/t16-,20?/m1/s1. The predicted octanol–water partition coefficient (Wildman–Crippen LogP) is 1.86. The minimum absolute atomic E-state index is 0.0815. The first-order chi connectivity index (χ1) is 19.9. The molecular formula is C26H24ClF3N8O4. The first-order valence-corrected chi connectivity index (χ1v) is 13.1. The lowest BCUT2D eigenvalue weighted by atomic mass is 10.1. The lowest BCUT2D eigenvalue weighted by Gasteiger charge is -2.18. The molecule has 1 unspecified atom stereocenters. The van der Waals surface area contributed by atoms with Crippen molar-refractivity contribution in [2.75, 3.05) is 13.1 Å². The number of aromatic nitrogens is 6. The van der Waals surface area contributed by atoms with Crippen molar-refractivity contribution in [3.63, 3.8) is 0 Å². The first-order valence-electron chi connectivity index (χ1n) is 12.7. The number of hydrogen-bond donors (Lipinski definition) is 2. The normalized spacial score (nSPS) is 16.1. The Bertz CT molecular complexity index is 1680. The Morgan fingerprint density at radius 3 is 2.50 bits per heavy atom. The molecule has 1 aliphatic rings. The van der Waals surface area contributed by atoms with Crippen molar-refractivity contribution in [3.05, 3.63) is 81.8 Å². The highest BCUT2D eigenvalue weighted by molar-refractivity contribution is 6.30. The molecule has 16 heteroatoms. The molecule has 5 rings (SSSR count). The molecule has 2 aromatic heterocycles. The van der Waals surface area contributed by atoms with Crippen molar-refractivity contribution >= 4 is 23.4 Å². The van der Waals surface area contributed by atoms with Gasteiger partial charge in [0.15, 0.2) is 17.8 Å². The van der Waals surface area contributed by atoms with E-state index in [4.69, 9.17) is 17.3 Å². The molecule has 3 N–H and O–H groups in total. The van der Waals surface area contributed by atoms with E-state index < -0.39 is 36.3 Å². The van der Waals surface area contributed by atoms with Crippen LogP contribution in [-0.2, 0) is 17.9 Å². The van der Waals surface area contributed by atoms with Gasteiger partial charge in [-0.05, 0) is 42.8 Å². The zero-order chi connectivity index (χ0) is 30.2. The quantitative estimate of drug-likeness (QED) is 0.311. The number of aliphatic hydroxyl groups is 1. The number of primary amides is 1. The van der Waals surface area contributed by atoms with Gasteiger partial charge in [-0.15, -0.1) is 10.2 Å². The van der Waals surface area contributed by atoms with Gasteiger partial charge in [-0.3, -0.25) is 14.2 Å². The molecule has 2 amide bonds. The van der Waals surface area contributed by atoms with Crippen LogP contribution in [0.3, 0.4) is 0 Å². The summed E-state index contributed by atoms with van der Waals surface area (Å²) >= 11 is 5.92. The van der Waals surface area contributed by atoms with Crippen LogP contribution >= 0.6 is 11.6 Å². The van der Waals surface area contributed by atoms with Crippen LogP contribution in [-0.4, -0.2) is 76.3 Å². The van der Waals surface area contributed by atoms with E-state index >= 15 is 0 Å². The predicted molar refractivity (Wildman–Crippen MR) is 143 cm³/mol. The van der Waals surface area contributed by atoms with Crippen molar-refractivity contribution in [1.29, 1.82) is 0 Å². The average Bonchev–Trinajstić information content (AvgIpc) is 3.70. The van der Waals surface area contributed by atoms with Crippen molar-refractivity contribution in [2.45, 2.75) is 31.8 Å². The third-order valence-electron chi connectivity index (χ3n) is 6.85. The summed E-state index contributed by atoms with van der Waals surface area (Å²) in [5, 5.41) is 18.6. The van der Waals surface area contributed by atoms with E-state index in [1.54, 1.807) is 24.3 Å². The number of carbonyl (C=O) groups is 2. The van der Waals surface area contributed by atoms with Gasteiger partial charge in [-0.25, -0.2) is 19.1 Å². The third kappa shape index (κ3) is 5.92. The highest BCUT2D eigenvalue weighted by Gasteiger charge is 2.39. The fourth-order valence-electron chi connectivity index (χ4n) is 4.62. The van der Waals surface area contributed by atoms with Gasteiger partial charge in [-0.2, -0.15) is 13.2 Å². The number of alkyl halides is 3. The third-order valence-corrected chi connectivity index (χ3v) is 7.10. The molecule has 42 heavy (non-hydrogen) atoms. The number of aliphatic hydroxyl groups excluding tert-OH is 1. The number of likely N-dealkylation sites (tertiary alicyclic amines) is 1. The van der Waals surface area contributed by atoms with Gasteiger partial charge in [0, 0.05) is 23.7 Å². The maximum atomic E-state index is 13.3. The molecule has 0 aliphatic carbocycles. The van der Waals surface area contributed by atoms with Crippen molar-refractivity contribution < 1.29 is 27.9 Å². The number of hydrogen-bond acceptors (Lipinski definition) is 7.